The van der Waals surface area contributed by atoms with Gasteiger partial charge in [-0.2, -0.15) is 0 Å². The summed E-state index contributed by atoms with van der Waals surface area (Å²) in [5.74, 6) is 0.250. The molecule has 9 heavy (non-hydrogen) atoms. The SMILES string of the molecule is CC(C)(O)C1CC([O])C1. The fourth-order valence-corrected chi connectivity index (χ4v) is 1.14. The molecule has 0 saturated heterocycles. The van der Waals surface area contributed by atoms with Crippen molar-refractivity contribution in [2.24, 2.45) is 5.92 Å². The van der Waals surface area contributed by atoms with Crippen molar-refractivity contribution in [2.75, 3.05) is 0 Å². The molecule has 0 atom stereocenters. The first kappa shape index (κ1) is 7.03. The van der Waals surface area contributed by atoms with E-state index in [9.17, 15) is 10.2 Å². The second-order valence-electron chi connectivity index (χ2n) is 3.44. The minimum atomic E-state index is -0.624. The van der Waals surface area contributed by atoms with Gasteiger partial charge in [0.25, 0.3) is 0 Å². The Morgan fingerprint density at radius 2 is 1.89 bits per heavy atom. The molecular weight excluding hydrogens is 116 g/mol. The molecule has 53 valence electrons. The van der Waals surface area contributed by atoms with Gasteiger partial charge in [0.1, 0.15) is 0 Å². The molecule has 0 amide bonds. The number of hydrogen-bond acceptors (Lipinski definition) is 1. The van der Waals surface area contributed by atoms with Crippen LogP contribution in [-0.4, -0.2) is 16.8 Å². The first-order chi connectivity index (χ1) is 4.00. The summed E-state index contributed by atoms with van der Waals surface area (Å²) in [7, 11) is 0. The van der Waals surface area contributed by atoms with Crippen molar-refractivity contribution in [3.05, 3.63) is 0 Å². The van der Waals surface area contributed by atoms with Crippen LogP contribution in [-0.2, 0) is 5.11 Å². The van der Waals surface area contributed by atoms with E-state index >= 15 is 0 Å². The van der Waals surface area contributed by atoms with Crippen molar-refractivity contribution in [3.8, 4) is 0 Å². The summed E-state index contributed by atoms with van der Waals surface area (Å²) in [6.45, 7) is 3.53. The van der Waals surface area contributed by atoms with Gasteiger partial charge < -0.3 is 5.11 Å². The van der Waals surface area contributed by atoms with Gasteiger partial charge in [-0.05, 0) is 32.6 Å². The van der Waals surface area contributed by atoms with Crippen LogP contribution in [0.5, 0.6) is 0 Å². The minimum absolute atomic E-state index is 0.250. The van der Waals surface area contributed by atoms with Crippen LogP contribution < -0.4 is 0 Å². The van der Waals surface area contributed by atoms with E-state index < -0.39 is 11.7 Å². The fourth-order valence-electron chi connectivity index (χ4n) is 1.14. The van der Waals surface area contributed by atoms with Gasteiger partial charge in [-0.3, -0.25) is 0 Å². The lowest BCUT2D eigenvalue weighted by molar-refractivity contribution is -0.0993. The van der Waals surface area contributed by atoms with Gasteiger partial charge in [-0.1, -0.05) is 0 Å². The van der Waals surface area contributed by atoms with E-state index in [0.29, 0.717) is 12.8 Å². The maximum Gasteiger partial charge on any atom is 0.0937 e. The van der Waals surface area contributed by atoms with Crippen LogP contribution in [0.15, 0.2) is 0 Å². The van der Waals surface area contributed by atoms with Crippen LogP contribution in [0.2, 0.25) is 0 Å². The molecule has 1 aliphatic carbocycles. The highest BCUT2D eigenvalue weighted by atomic mass is 16.3. The Balaban J connectivity index is 2.32. The summed E-state index contributed by atoms with van der Waals surface area (Å²) >= 11 is 0. The summed E-state index contributed by atoms with van der Waals surface area (Å²) < 4.78 is 0. The Bertz CT molecular complexity index is 98.0. The summed E-state index contributed by atoms with van der Waals surface area (Å²) in [5.41, 5.74) is -0.624. The second-order valence-corrected chi connectivity index (χ2v) is 3.44. The smallest absolute Gasteiger partial charge is 0.0937 e. The molecule has 0 heterocycles. The molecule has 1 fully saturated rings. The van der Waals surface area contributed by atoms with E-state index in [2.05, 4.69) is 0 Å². The molecule has 0 aliphatic heterocycles. The summed E-state index contributed by atoms with van der Waals surface area (Å²) in [5, 5.41) is 19.8. The molecule has 1 N–H and O–H groups in total. The molecule has 0 aromatic rings. The molecule has 1 saturated carbocycles. The number of rotatable bonds is 1. The molecule has 0 aromatic carbocycles. The van der Waals surface area contributed by atoms with Crippen molar-refractivity contribution in [3.63, 3.8) is 0 Å². The molecule has 0 bridgehead atoms. The third-order valence-electron chi connectivity index (χ3n) is 2.09. The van der Waals surface area contributed by atoms with Crippen molar-refractivity contribution in [1.29, 1.82) is 0 Å². The Morgan fingerprint density at radius 3 is 2.00 bits per heavy atom. The molecule has 1 aliphatic rings. The van der Waals surface area contributed by atoms with Crippen molar-refractivity contribution in [1.82, 2.24) is 0 Å². The maximum absolute atomic E-state index is 10.5. The Labute approximate surface area is 55.5 Å². The van der Waals surface area contributed by atoms with Crippen LogP contribution in [0.4, 0.5) is 0 Å². The lowest BCUT2D eigenvalue weighted by atomic mass is 9.73. The van der Waals surface area contributed by atoms with Crippen molar-refractivity contribution < 1.29 is 10.2 Å². The van der Waals surface area contributed by atoms with E-state index in [1.807, 2.05) is 0 Å². The van der Waals surface area contributed by atoms with Gasteiger partial charge in [0, 0.05) is 0 Å². The predicted molar refractivity (Wildman–Crippen MR) is 33.5 cm³/mol. The molecule has 0 aromatic heterocycles. The molecular formula is C7H13O2. The minimum Gasteiger partial charge on any atom is -0.390 e. The van der Waals surface area contributed by atoms with Crippen LogP contribution in [0.1, 0.15) is 26.7 Å². The first-order valence-electron chi connectivity index (χ1n) is 3.38. The summed E-state index contributed by atoms with van der Waals surface area (Å²) in [4.78, 5) is 0. The Hall–Kier alpha value is -0.0800. The van der Waals surface area contributed by atoms with Crippen molar-refractivity contribution >= 4 is 0 Å². The maximum atomic E-state index is 10.5. The zero-order chi connectivity index (χ0) is 7.07. The van der Waals surface area contributed by atoms with Gasteiger partial charge in [-0.15, -0.1) is 0 Å². The molecule has 1 rings (SSSR count). The predicted octanol–water partition coefficient (Wildman–Crippen LogP) is 0.966. The Morgan fingerprint density at radius 1 is 1.44 bits per heavy atom. The van der Waals surface area contributed by atoms with E-state index in [4.69, 9.17) is 0 Å². The third kappa shape index (κ3) is 1.43. The quantitative estimate of drug-likeness (QED) is 0.563. The van der Waals surface area contributed by atoms with Crippen LogP contribution in [0, 0.1) is 5.92 Å². The third-order valence-corrected chi connectivity index (χ3v) is 2.09. The molecule has 1 radical (unpaired) electrons. The Kier molecular flexibility index (Phi) is 1.53. The van der Waals surface area contributed by atoms with Gasteiger partial charge in [-0.25, -0.2) is 5.11 Å². The highest BCUT2D eigenvalue weighted by Gasteiger charge is 2.38. The summed E-state index contributed by atoms with van der Waals surface area (Å²) in [6, 6.07) is 0. The van der Waals surface area contributed by atoms with Crippen molar-refractivity contribution in [2.45, 2.75) is 38.4 Å². The summed E-state index contributed by atoms with van der Waals surface area (Å²) in [6.07, 6.45) is 0.911. The zero-order valence-electron chi connectivity index (χ0n) is 5.92. The highest BCUT2D eigenvalue weighted by molar-refractivity contribution is 4.88. The fraction of sp³-hybridized carbons (Fsp3) is 1.00. The molecule has 2 heteroatoms. The number of hydrogen-bond donors (Lipinski definition) is 1. The van der Waals surface area contributed by atoms with Crippen LogP contribution in [0.25, 0.3) is 0 Å². The largest absolute Gasteiger partial charge is 0.390 e. The van der Waals surface area contributed by atoms with Crippen LogP contribution in [0.3, 0.4) is 0 Å². The van der Waals surface area contributed by atoms with Gasteiger partial charge in [0.05, 0.1) is 11.7 Å². The van der Waals surface area contributed by atoms with Gasteiger partial charge in [0.2, 0.25) is 0 Å². The lowest BCUT2D eigenvalue weighted by Gasteiger charge is -2.38. The average molecular weight is 129 g/mol. The molecule has 0 spiro atoms. The van der Waals surface area contributed by atoms with E-state index in [1.165, 1.54) is 0 Å². The first-order valence-corrected chi connectivity index (χ1v) is 3.38. The monoisotopic (exact) mass is 129 g/mol. The van der Waals surface area contributed by atoms with Gasteiger partial charge >= 0.3 is 0 Å². The van der Waals surface area contributed by atoms with E-state index in [-0.39, 0.29) is 5.92 Å². The lowest BCUT2D eigenvalue weighted by Crippen LogP contribution is -2.42. The topological polar surface area (TPSA) is 40.1 Å². The van der Waals surface area contributed by atoms with Crippen LogP contribution >= 0.6 is 0 Å². The average Bonchev–Trinajstić information content (AvgIpc) is 1.55. The zero-order valence-corrected chi connectivity index (χ0v) is 5.92. The number of aliphatic hydroxyl groups is 1. The second kappa shape index (κ2) is 1.96. The van der Waals surface area contributed by atoms with E-state index in [1.54, 1.807) is 13.8 Å². The molecule has 0 unspecified atom stereocenters. The highest BCUT2D eigenvalue weighted by Crippen LogP contribution is 2.36. The normalized spacial score (nSPS) is 36.0. The van der Waals surface area contributed by atoms with Gasteiger partial charge in [0.15, 0.2) is 0 Å². The van der Waals surface area contributed by atoms with E-state index in [0.717, 1.165) is 0 Å². The standard InChI is InChI=1S/C7H13O2/c1-7(2,9)5-3-6(8)4-5/h5-6,9H,3-4H2,1-2H3. The molecule has 2 nitrogen and oxygen atoms in total.